The van der Waals surface area contributed by atoms with E-state index in [4.69, 9.17) is 0 Å². The number of amides is 1. The molecular weight excluding hydrogens is 372 g/mol. The molecule has 0 spiro atoms. The minimum absolute atomic E-state index is 0.0950. The Morgan fingerprint density at radius 1 is 1.11 bits per heavy atom. The SMILES string of the molecule is Cc1cc(N2CCN(C(=O)c3ccc(SC(C)C)cc3)CC2)n2ncnc2n1. The molecule has 1 saturated heterocycles. The van der Waals surface area contributed by atoms with Gasteiger partial charge in [0.1, 0.15) is 12.1 Å². The van der Waals surface area contributed by atoms with Crippen molar-refractivity contribution in [3.05, 3.63) is 47.9 Å². The van der Waals surface area contributed by atoms with E-state index in [1.807, 2.05) is 42.2 Å². The second-order valence-corrected chi connectivity index (χ2v) is 8.85. The number of carbonyl (C=O) groups excluding carboxylic acids is 1. The first-order valence-corrected chi connectivity index (χ1v) is 10.4. The minimum atomic E-state index is 0.0950. The van der Waals surface area contributed by atoms with Gasteiger partial charge in [-0.2, -0.15) is 14.6 Å². The number of rotatable bonds is 4. The van der Waals surface area contributed by atoms with E-state index in [-0.39, 0.29) is 5.91 Å². The summed E-state index contributed by atoms with van der Waals surface area (Å²) in [5.41, 5.74) is 1.66. The van der Waals surface area contributed by atoms with Gasteiger partial charge in [0.15, 0.2) is 0 Å². The third-order valence-corrected chi connectivity index (χ3v) is 5.74. The molecule has 0 radical (unpaired) electrons. The predicted octanol–water partition coefficient (Wildman–Crippen LogP) is 2.90. The van der Waals surface area contributed by atoms with Gasteiger partial charge in [0.2, 0.25) is 0 Å². The van der Waals surface area contributed by atoms with Gasteiger partial charge in [-0.3, -0.25) is 4.79 Å². The van der Waals surface area contributed by atoms with Crippen molar-refractivity contribution in [2.75, 3.05) is 31.1 Å². The Morgan fingerprint density at radius 3 is 2.50 bits per heavy atom. The molecular formula is C20H24N6OS. The Hall–Kier alpha value is -2.61. The second-order valence-electron chi connectivity index (χ2n) is 7.20. The van der Waals surface area contributed by atoms with Gasteiger partial charge in [0, 0.05) is 53.6 Å². The summed E-state index contributed by atoms with van der Waals surface area (Å²) in [6, 6.07) is 9.96. The molecule has 1 amide bonds. The van der Waals surface area contributed by atoms with Crippen LogP contribution >= 0.6 is 11.8 Å². The second kappa shape index (κ2) is 7.79. The lowest BCUT2D eigenvalue weighted by molar-refractivity contribution is 0.0746. The first-order valence-electron chi connectivity index (χ1n) is 9.49. The average Bonchev–Trinajstić information content (AvgIpc) is 3.15. The maximum atomic E-state index is 12.9. The zero-order valence-electron chi connectivity index (χ0n) is 16.4. The highest BCUT2D eigenvalue weighted by atomic mass is 32.2. The van der Waals surface area contributed by atoms with Crippen LogP contribution in [0, 0.1) is 6.92 Å². The van der Waals surface area contributed by atoms with Gasteiger partial charge in [-0.15, -0.1) is 11.8 Å². The number of anilines is 1. The first kappa shape index (κ1) is 18.7. The number of carbonyl (C=O) groups is 1. The standard InChI is InChI=1S/C20H24N6OS/c1-14(2)28-17-6-4-16(5-7-17)19(27)25-10-8-24(9-11-25)18-12-15(3)23-20-21-13-22-26(18)20/h4-7,12-14H,8-11H2,1-3H3. The van der Waals surface area contributed by atoms with Crippen molar-refractivity contribution >= 4 is 29.3 Å². The number of hydrogen-bond donors (Lipinski definition) is 0. The average molecular weight is 397 g/mol. The molecule has 0 N–H and O–H groups in total. The normalized spacial score (nSPS) is 14.9. The van der Waals surface area contributed by atoms with E-state index in [0.29, 0.717) is 24.1 Å². The molecule has 0 saturated carbocycles. The lowest BCUT2D eigenvalue weighted by Gasteiger charge is -2.36. The van der Waals surface area contributed by atoms with E-state index in [9.17, 15) is 4.79 Å². The molecule has 7 nitrogen and oxygen atoms in total. The maximum Gasteiger partial charge on any atom is 0.254 e. The zero-order valence-corrected chi connectivity index (χ0v) is 17.2. The van der Waals surface area contributed by atoms with Crippen molar-refractivity contribution in [2.45, 2.75) is 30.9 Å². The van der Waals surface area contributed by atoms with Gasteiger partial charge in [0.05, 0.1) is 0 Å². The maximum absolute atomic E-state index is 12.9. The van der Waals surface area contributed by atoms with Crippen LogP contribution in [0.25, 0.3) is 5.78 Å². The van der Waals surface area contributed by atoms with Gasteiger partial charge in [0.25, 0.3) is 11.7 Å². The zero-order chi connectivity index (χ0) is 19.7. The fourth-order valence-corrected chi connectivity index (χ4v) is 4.24. The van der Waals surface area contributed by atoms with Crippen LogP contribution in [0.4, 0.5) is 5.82 Å². The van der Waals surface area contributed by atoms with Gasteiger partial charge in [-0.25, -0.2) is 4.98 Å². The molecule has 8 heteroatoms. The molecule has 1 aliphatic heterocycles. The monoisotopic (exact) mass is 396 g/mol. The molecule has 1 fully saturated rings. The molecule has 3 aromatic rings. The fourth-order valence-electron chi connectivity index (χ4n) is 3.41. The number of fused-ring (bicyclic) bond motifs is 1. The third-order valence-electron chi connectivity index (χ3n) is 4.73. The van der Waals surface area contributed by atoms with Crippen LogP contribution in [0.2, 0.25) is 0 Å². The van der Waals surface area contributed by atoms with Crippen molar-refractivity contribution in [3.8, 4) is 0 Å². The van der Waals surface area contributed by atoms with Crippen LogP contribution in [-0.2, 0) is 0 Å². The van der Waals surface area contributed by atoms with E-state index >= 15 is 0 Å². The van der Waals surface area contributed by atoms with E-state index in [2.05, 4.69) is 33.8 Å². The van der Waals surface area contributed by atoms with Crippen molar-refractivity contribution in [1.29, 1.82) is 0 Å². The molecule has 0 atom stereocenters. The molecule has 4 rings (SSSR count). The molecule has 3 heterocycles. The summed E-state index contributed by atoms with van der Waals surface area (Å²) in [5.74, 6) is 1.67. The Bertz CT molecular complexity index is 976. The smallest absolute Gasteiger partial charge is 0.254 e. The minimum Gasteiger partial charge on any atom is -0.353 e. The fraction of sp³-hybridized carbons (Fsp3) is 0.400. The first-order chi connectivity index (χ1) is 13.5. The van der Waals surface area contributed by atoms with Gasteiger partial charge in [-0.1, -0.05) is 13.8 Å². The highest BCUT2D eigenvalue weighted by Crippen LogP contribution is 2.24. The number of aryl methyl sites for hydroxylation is 1. The van der Waals surface area contributed by atoms with Crippen molar-refractivity contribution in [1.82, 2.24) is 24.5 Å². The molecule has 0 bridgehead atoms. The lowest BCUT2D eigenvalue weighted by Crippen LogP contribution is -2.49. The van der Waals surface area contributed by atoms with Crippen molar-refractivity contribution in [2.24, 2.45) is 0 Å². The van der Waals surface area contributed by atoms with Crippen molar-refractivity contribution in [3.63, 3.8) is 0 Å². The molecule has 1 aromatic carbocycles. The summed E-state index contributed by atoms with van der Waals surface area (Å²) in [4.78, 5) is 26.8. The number of thioether (sulfide) groups is 1. The molecule has 1 aliphatic rings. The quantitative estimate of drug-likeness (QED) is 0.632. The number of nitrogens with zero attached hydrogens (tertiary/aromatic N) is 6. The van der Waals surface area contributed by atoms with Crippen LogP contribution in [0.15, 0.2) is 41.6 Å². The highest BCUT2D eigenvalue weighted by Gasteiger charge is 2.24. The third kappa shape index (κ3) is 3.82. The Morgan fingerprint density at radius 2 is 1.82 bits per heavy atom. The van der Waals surface area contributed by atoms with Crippen LogP contribution in [0.3, 0.4) is 0 Å². The Kier molecular flexibility index (Phi) is 5.21. The highest BCUT2D eigenvalue weighted by molar-refractivity contribution is 7.99. The summed E-state index contributed by atoms with van der Waals surface area (Å²) in [5, 5.41) is 4.81. The molecule has 2 aromatic heterocycles. The summed E-state index contributed by atoms with van der Waals surface area (Å²) in [6.45, 7) is 9.16. The summed E-state index contributed by atoms with van der Waals surface area (Å²) in [6.07, 6.45) is 1.52. The molecule has 0 unspecified atom stereocenters. The number of aromatic nitrogens is 4. The number of piperazine rings is 1. The topological polar surface area (TPSA) is 66.6 Å². The van der Waals surface area contributed by atoms with Crippen LogP contribution in [-0.4, -0.2) is 61.8 Å². The summed E-state index contributed by atoms with van der Waals surface area (Å²) >= 11 is 1.81. The lowest BCUT2D eigenvalue weighted by atomic mass is 10.2. The predicted molar refractivity (Wildman–Crippen MR) is 111 cm³/mol. The largest absolute Gasteiger partial charge is 0.353 e. The summed E-state index contributed by atoms with van der Waals surface area (Å²) < 4.78 is 1.76. The molecule has 0 aliphatic carbocycles. The Labute approximate surface area is 168 Å². The van der Waals surface area contributed by atoms with Gasteiger partial charge >= 0.3 is 0 Å². The molecule has 146 valence electrons. The van der Waals surface area contributed by atoms with Gasteiger partial charge in [-0.05, 0) is 31.2 Å². The summed E-state index contributed by atoms with van der Waals surface area (Å²) in [7, 11) is 0. The van der Waals surface area contributed by atoms with Crippen LogP contribution < -0.4 is 4.90 Å². The van der Waals surface area contributed by atoms with E-state index in [1.165, 1.54) is 11.2 Å². The van der Waals surface area contributed by atoms with Gasteiger partial charge < -0.3 is 9.80 Å². The molecule has 28 heavy (non-hydrogen) atoms. The van der Waals surface area contributed by atoms with E-state index < -0.39 is 0 Å². The van der Waals surface area contributed by atoms with Crippen LogP contribution in [0.1, 0.15) is 29.9 Å². The van der Waals surface area contributed by atoms with E-state index in [1.54, 1.807) is 16.3 Å². The number of benzene rings is 1. The van der Waals surface area contributed by atoms with Crippen molar-refractivity contribution < 1.29 is 4.79 Å². The number of hydrogen-bond acceptors (Lipinski definition) is 6. The van der Waals surface area contributed by atoms with E-state index in [0.717, 1.165) is 30.2 Å². The van der Waals surface area contributed by atoms with Crippen LogP contribution in [0.5, 0.6) is 0 Å². The Balaban J connectivity index is 1.43.